The van der Waals surface area contributed by atoms with Crippen molar-refractivity contribution in [3.8, 4) is 0 Å². The van der Waals surface area contributed by atoms with E-state index in [4.69, 9.17) is 11.6 Å². The fraction of sp³-hybridized carbons (Fsp3) is 0.667. The number of nitrogens with zero attached hydrogens (tertiary/aromatic N) is 6. The first-order valence-electron chi connectivity index (χ1n) is 6.72. The Morgan fingerprint density at radius 3 is 2.90 bits per heavy atom. The zero-order valence-corrected chi connectivity index (χ0v) is 13.2. The molecule has 3 rings (SSSR count). The standard InChI is InChI=1S/C12H17ClN6S/c1-8-14-9(2)19(16-8)6-10-4-3-5-18(10)7-11-12(13)20-17-15-11/h10H,3-7H2,1-2H3/t10-/m0/s1. The Morgan fingerprint density at radius 2 is 2.25 bits per heavy atom. The number of likely N-dealkylation sites (tertiary alicyclic amines) is 1. The highest BCUT2D eigenvalue weighted by molar-refractivity contribution is 7.10. The number of aryl methyl sites for hydroxylation is 2. The van der Waals surface area contributed by atoms with Crippen LogP contribution in [0.4, 0.5) is 0 Å². The van der Waals surface area contributed by atoms with Gasteiger partial charge in [0.15, 0.2) is 0 Å². The first-order chi connectivity index (χ1) is 9.63. The van der Waals surface area contributed by atoms with E-state index in [1.165, 1.54) is 24.4 Å². The molecule has 0 aliphatic carbocycles. The first kappa shape index (κ1) is 13.9. The van der Waals surface area contributed by atoms with Gasteiger partial charge in [-0.3, -0.25) is 4.90 Å². The molecule has 3 heterocycles. The highest BCUT2D eigenvalue weighted by Crippen LogP contribution is 2.25. The van der Waals surface area contributed by atoms with Gasteiger partial charge in [0.05, 0.1) is 6.54 Å². The Hall–Kier alpha value is -1.05. The van der Waals surface area contributed by atoms with Crippen LogP contribution in [0.15, 0.2) is 0 Å². The molecule has 20 heavy (non-hydrogen) atoms. The lowest BCUT2D eigenvalue weighted by atomic mass is 10.2. The lowest BCUT2D eigenvalue weighted by molar-refractivity contribution is 0.215. The van der Waals surface area contributed by atoms with Gasteiger partial charge in [-0.15, -0.1) is 5.10 Å². The highest BCUT2D eigenvalue weighted by Gasteiger charge is 2.27. The average molecular weight is 313 g/mol. The van der Waals surface area contributed by atoms with Crippen molar-refractivity contribution in [2.45, 2.75) is 45.8 Å². The van der Waals surface area contributed by atoms with Crippen LogP contribution >= 0.6 is 23.1 Å². The monoisotopic (exact) mass is 312 g/mol. The predicted molar refractivity (Wildman–Crippen MR) is 77.8 cm³/mol. The molecule has 8 heteroatoms. The van der Waals surface area contributed by atoms with E-state index in [1.54, 1.807) is 0 Å². The molecule has 0 radical (unpaired) electrons. The summed E-state index contributed by atoms with van der Waals surface area (Å²) in [5.74, 6) is 1.81. The molecule has 0 saturated carbocycles. The molecule has 1 fully saturated rings. The van der Waals surface area contributed by atoms with Gasteiger partial charge in [-0.1, -0.05) is 16.1 Å². The summed E-state index contributed by atoms with van der Waals surface area (Å²) < 4.78 is 6.59. The molecule has 108 valence electrons. The molecule has 1 saturated heterocycles. The number of rotatable bonds is 4. The second kappa shape index (κ2) is 5.75. The summed E-state index contributed by atoms with van der Waals surface area (Å²) >= 11 is 7.34. The second-order valence-electron chi connectivity index (χ2n) is 5.15. The predicted octanol–water partition coefficient (Wildman–Crippen LogP) is 2.06. The van der Waals surface area contributed by atoms with E-state index in [-0.39, 0.29) is 0 Å². The van der Waals surface area contributed by atoms with Crippen molar-refractivity contribution in [1.29, 1.82) is 0 Å². The van der Waals surface area contributed by atoms with Crippen LogP contribution in [0.2, 0.25) is 4.34 Å². The minimum Gasteiger partial charge on any atom is -0.293 e. The molecule has 6 nitrogen and oxygen atoms in total. The molecular weight excluding hydrogens is 296 g/mol. The van der Waals surface area contributed by atoms with E-state index in [0.29, 0.717) is 10.4 Å². The molecule has 0 amide bonds. The summed E-state index contributed by atoms with van der Waals surface area (Å²) in [4.78, 5) is 6.78. The molecule has 0 N–H and O–H groups in total. The van der Waals surface area contributed by atoms with Gasteiger partial charge in [0, 0.05) is 24.1 Å². The maximum atomic E-state index is 6.09. The summed E-state index contributed by atoms with van der Waals surface area (Å²) in [5.41, 5.74) is 0.884. The molecule has 0 spiro atoms. The van der Waals surface area contributed by atoms with E-state index in [2.05, 4.69) is 24.6 Å². The van der Waals surface area contributed by atoms with Crippen LogP contribution in [0.5, 0.6) is 0 Å². The molecule has 0 aromatic carbocycles. The number of aromatic nitrogens is 5. The van der Waals surface area contributed by atoms with Gasteiger partial charge in [-0.25, -0.2) is 9.67 Å². The minimum atomic E-state index is 0.465. The smallest absolute Gasteiger partial charge is 0.147 e. The van der Waals surface area contributed by atoms with Crippen molar-refractivity contribution in [2.24, 2.45) is 0 Å². The zero-order chi connectivity index (χ0) is 14.1. The van der Waals surface area contributed by atoms with E-state index in [0.717, 1.165) is 37.0 Å². The molecule has 2 aromatic heterocycles. The van der Waals surface area contributed by atoms with Gasteiger partial charge in [0.2, 0.25) is 0 Å². The fourth-order valence-corrected chi connectivity index (χ4v) is 3.34. The Bertz CT molecular complexity index is 595. The third kappa shape index (κ3) is 2.84. The largest absolute Gasteiger partial charge is 0.293 e. The van der Waals surface area contributed by atoms with Crippen molar-refractivity contribution < 1.29 is 0 Å². The zero-order valence-electron chi connectivity index (χ0n) is 11.6. The normalized spacial score (nSPS) is 19.9. The minimum absolute atomic E-state index is 0.465. The molecule has 1 aliphatic heterocycles. The number of halogens is 1. The SMILES string of the molecule is Cc1nc(C)n(C[C@@H]2CCCN2Cc2nnsc2Cl)n1. The first-order valence-corrected chi connectivity index (χ1v) is 7.87. The van der Waals surface area contributed by atoms with Crippen LogP contribution in [0.25, 0.3) is 0 Å². The summed E-state index contributed by atoms with van der Waals surface area (Å²) in [7, 11) is 0. The Labute approximate surface area is 126 Å². The van der Waals surface area contributed by atoms with Crippen LogP contribution < -0.4 is 0 Å². The van der Waals surface area contributed by atoms with Gasteiger partial charge in [-0.2, -0.15) is 5.10 Å². The van der Waals surface area contributed by atoms with Gasteiger partial charge >= 0.3 is 0 Å². The van der Waals surface area contributed by atoms with Crippen LogP contribution in [0.1, 0.15) is 30.2 Å². The molecule has 2 aromatic rings. The summed E-state index contributed by atoms with van der Waals surface area (Å²) in [6.07, 6.45) is 2.38. The molecule has 1 aliphatic rings. The Kier molecular flexibility index (Phi) is 4.00. The average Bonchev–Trinajstić information content (AvgIpc) is 3.06. The lowest BCUT2D eigenvalue weighted by Gasteiger charge is -2.23. The van der Waals surface area contributed by atoms with Crippen molar-refractivity contribution in [3.63, 3.8) is 0 Å². The summed E-state index contributed by atoms with van der Waals surface area (Å²) in [5, 5.41) is 8.55. The van der Waals surface area contributed by atoms with Gasteiger partial charge < -0.3 is 0 Å². The quantitative estimate of drug-likeness (QED) is 0.865. The molecule has 0 unspecified atom stereocenters. The van der Waals surface area contributed by atoms with Gasteiger partial charge in [0.1, 0.15) is 21.7 Å². The Morgan fingerprint density at radius 1 is 1.40 bits per heavy atom. The third-order valence-corrected chi connectivity index (χ3v) is 4.69. The van der Waals surface area contributed by atoms with Crippen molar-refractivity contribution in [2.75, 3.05) is 6.54 Å². The van der Waals surface area contributed by atoms with Crippen molar-refractivity contribution in [3.05, 3.63) is 21.7 Å². The fourth-order valence-electron chi connectivity index (χ4n) is 2.73. The van der Waals surface area contributed by atoms with Crippen molar-refractivity contribution >= 4 is 23.1 Å². The topological polar surface area (TPSA) is 59.7 Å². The van der Waals surface area contributed by atoms with Crippen LogP contribution in [0.3, 0.4) is 0 Å². The molecule has 1 atom stereocenters. The maximum Gasteiger partial charge on any atom is 0.147 e. The third-order valence-electron chi connectivity index (χ3n) is 3.71. The van der Waals surface area contributed by atoms with Crippen molar-refractivity contribution in [1.82, 2.24) is 29.3 Å². The summed E-state index contributed by atoms with van der Waals surface area (Å²) in [6.45, 7) is 6.65. The van der Waals surface area contributed by atoms with Crippen LogP contribution in [-0.4, -0.2) is 41.8 Å². The van der Waals surface area contributed by atoms with Gasteiger partial charge in [-0.05, 0) is 33.2 Å². The highest BCUT2D eigenvalue weighted by atomic mass is 35.5. The maximum absolute atomic E-state index is 6.09. The van der Waals surface area contributed by atoms with Crippen LogP contribution in [-0.2, 0) is 13.1 Å². The van der Waals surface area contributed by atoms with E-state index >= 15 is 0 Å². The lowest BCUT2D eigenvalue weighted by Crippen LogP contribution is -2.33. The van der Waals surface area contributed by atoms with E-state index in [1.807, 2.05) is 18.5 Å². The Balaban J connectivity index is 1.69. The molecule has 0 bridgehead atoms. The number of hydrogen-bond donors (Lipinski definition) is 0. The number of hydrogen-bond acceptors (Lipinski definition) is 6. The van der Waals surface area contributed by atoms with E-state index < -0.39 is 0 Å². The summed E-state index contributed by atoms with van der Waals surface area (Å²) in [6, 6.07) is 0.465. The van der Waals surface area contributed by atoms with Gasteiger partial charge in [0.25, 0.3) is 0 Å². The van der Waals surface area contributed by atoms with Crippen LogP contribution in [0, 0.1) is 13.8 Å². The second-order valence-corrected chi connectivity index (χ2v) is 6.50. The molecular formula is C12H17ClN6S. The van der Waals surface area contributed by atoms with E-state index in [9.17, 15) is 0 Å².